The Labute approximate surface area is 80.9 Å². The van der Waals surface area contributed by atoms with E-state index in [1.807, 2.05) is 6.07 Å². The van der Waals surface area contributed by atoms with Crippen LogP contribution in [0.15, 0.2) is 36.9 Å². The quantitative estimate of drug-likeness (QED) is 0.668. The normalized spacial score (nSPS) is 9.36. The van der Waals surface area contributed by atoms with Crippen molar-refractivity contribution >= 4 is 0 Å². The third kappa shape index (κ3) is 1.43. The van der Waals surface area contributed by atoms with Crippen molar-refractivity contribution in [2.24, 2.45) is 0 Å². The number of hydrogen-bond donors (Lipinski definition) is 0. The van der Waals surface area contributed by atoms with E-state index in [2.05, 4.69) is 15.0 Å². The first-order valence-corrected chi connectivity index (χ1v) is 4.03. The number of nitriles is 1. The number of nitrogens with zero attached hydrogens (tertiary/aromatic N) is 4. The number of hydrogen-bond acceptors (Lipinski definition) is 4. The van der Waals surface area contributed by atoms with Gasteiger partial charge in [-0.05, 0) is 12.1 Å². The Morgan fingerprint density at radius 2 is 2.07 bits per heavy atom. The van der Waals surface area contributed by atoms with Crippen LogP contribution in [0.1, 0.15) is 5.69 Å². The molecule has 0 radical (unpaired) electrons. The van der Waals surface area contributed by atoms with Gasteiger partial charge in [-0.2, -0.15) is 5.26 Å². The van der Waals surface area contributed by atoms with Gasteiger partial charge in [0.1, 0.15) is 11.8 Å². The second kappa shape index (κ2) is 3.62. The molecule has 0 saturated carbocycles. The average molecular weight is 182 g/mol. The molecule has 0 bridgehead atoms. The molecule has 2 heterocycles. The van der Waals surface area contributed by atoms with Crippen molar-refractivity contribution in [1.82, 2.24) is 15.0 Å². The molecule has 0 fully saturated rings. The molecule has 2 aromatic heterocycles. The van der Waals surface area contributed by atoms with E-state index in [-0.39, 0.29) is 0 Å². The minimum absolute atomic E-state index is 0.369. The summed E-state index contributed by atoms with van der Waals surface area (Å²) in [6.45, 7) is 0. The lowest BCUT2D eigenvalue weighted by atomic mass is 10.1. The van der Waals surface area contributed by atoms with Gasteiger partial charge in [-0.25, -0.2) is 4.98 Å². The highest BCUT2D eigenvalue weighted by atomic mass is 14.8. The van der Waals surface area contributed by atoms with E-state index in [1.165, 1.54) is 0 Å². The highest BCUT2D eigenvalue weighted by molar-refractivity contribution is 5.63. The molecule has 0 aliphatic carbocycles. The Morgan fingerprint density at radius 3 is 2.79 bits per heavy atom. The molecule has 66 valence electrons. The SMILES string of the molecule is N#Cc1ncccc1-c1cnccn1. The summed E-state index contributed by atoms with van der Waals surface area (Å²) in [6, 6.07) is 5.59. The van der Waals surface area contributed by atoms with Crippen LogP contribution in [-0.4, -0.2) is 15.0 Å². The molecule has 14 heavy (non-hydrogen) atoms. The summed E-state index contributed by atoms with van der Waals surface area (Å²) < 4.78 is 0. The number of pyridine rings is 1. The number of rotatable bonds is 1. The van der Waals surface area contributed by atoms with Crippen LogP contribution in [0.25, 0.3) is 11.3 Å². The van der Waals surface area contributed by atoms with Crippen LogP contribution < -0.4 is 0 Å². The Balaban J connectivity index is 2.58. The van der Waals surface area contributed by atoms with Crippen molar-refractivity contribution in [3.63, 3.8) is 0 Å². The molecule has 2 aromatic rings. The number of aromatic nitrogens is 3. The first kappa shape index (κ1) is 8.32. The molecule has 0 saturated heterocycles. The maximum absolute atomic E-state index is 8.82. The van der Waals surface area contributed by atoms with Crippen molar-refractivity contribution in [3.05, 3.63) is 42.6 Å². The zero-order chi connectivity index (χ0) is 9.80. The monoisotopic (exact) mass is 182 g/mol. The van der Waals surface area contributed by atoms with Gasteiger partial charge in [0.15, 0.2) is 0 Å². The summed E-state index contributed by atoms with van der Waals surface area (Å²) in [6.07, 6.45) is 6.37. The average Bonchev–Trinajstić information content (AvgIpc) is 2.30. The summed E-state index contributed by atoms with van der Waals surface area (Å²) in [5.41, 5.74) is 1.74. The maximum atomic E-state index is 8.82. The summed E-state index contributed by atoms with van der Waals surface area (Å²) in [5, 5.41) is 8.82. The van der Waals surface area contributed by atoms with Crippen LogP contribution >= 0.6 is 0 Å². The summed E-state index contributed by atoms with van der Waals surface area (Å²) in [4.78, 5) is 12.0. The van der Waals surface area contributed by atoms with Crippen molar-refractivity contribution in [3.8, 4) is 17.3 Å². The standard InChI is InChI=1S/C10H6N4/c11-6-9-8(2-1-3-13-9)10-7-12-4-5-14-10/h1-5,7H. The zero-order valence-electron chi connectivity index (χ0n) is 7.25. The van der Waals surface area contributed by atoms with Crippen molar-refractivity contribution in [2.75, 3.05) is 0 Å². The predicted octanol–water partition coefficient (Wildman–Crippen LogP) is 1.41. The van der Waals surface area contributed by atoms with Gasteiger partial charge in [0, 0.05) is 24.2 Å². The molecule has 0 aliphatic heterocycles. The third-order valence-corrected chi connectivity index (χ3v) is 1.75. The molecule has 0 spiro atoms. The Hall–Kier alpha value is -2.28. The van der Waals surface area contributed by atoms with Gasteiger partial charge in [-0.15, -0.1) is 0 Å². The van der Waals surface area contributed by atoms with Gasteiger partial charge >= 0.3 is 0 Å². The van der Waals surface area contributed by atoms with Gasteiger partial charge in [-0.3, -0.25) is 9.97 Å². The van der Waals surface area contributed by atoms with E-state index >= 15 is 0 Å². The summed E-state index contributed by atoms with van der Waals surface area (Å²) in [5.74, 6) is 0. The molecule has 2 rings (SSSR count). The van der Waals surface area contributed by atoms with Crippen LogP contribution in [0.5, 0.6) is 0 Å². The molecule has 0 amide bonds. The van der Waals surface area contributed by atoms with Crippen molar-refractivity contribution in [1.29, 1.82) is 5.26 Å². The van der Waals surface area contributed by atoms with Gasteiger partial charge in [0.2, 0.25) is 0 Å². The topological polar surface area (TPSA) is 62.5 Å². The minimum atomic E-state index is 0.369. The highest BCUT2D eigenvalue weighted by Gasteiger charge is 2.05. The van der Waals surface area contributed by atoms with E-state index in [9.17, 15) is 0 Å². The Bertz CT molecular complexity index is 473. The molecule has 4 nitrogen and oxygen atoms in total. The minimum Gasteiger partial charge on any atom is -0.261 e. The largest absolute Gasteiger partial charge is 0.261 e. The molecule has 4 heteroatoms. The van der Waals surface area contributed by atoms with Crippen molar-refractivity contribution in [2.45, 2.75) is 0 Å². The lowest BCUT2D eigenvalue weighted by Gasteiger charge is -1.99. The predicted molar refractivity (Wildman–Crippen MR) is 50.0 cm³/mol. The van der Waals surface area contributed by atoms with E-state index in [0.29, 0.717) is 17.0 Å². The van der Waals surface area contributed by atoms with E-state index < -0.39 is 0 Å². The fraction of sp³-hybridized carbons (Fsp3) is 0. The highest BCUT2D eigenvalue weighted by Crippen LogP contribution is 2.17. The van der Waals surface area contributed by atoms with Crippen LogP contribution in [0.4, 0.5) is 0 Å². The fourth-order valence-electron chi connectivity index (χ4n) is 1.14. The van der Waals surface area contributed by atoms with Crippen LogP contribution in [0.3, 0.4) is 0 Å². The molecule has 0 aliphatic rings. The first-order chi connectivity index (χ1) is 6.92. The van der Waals surface area contributed by atoms with Crippen LogP contribution in [0, 0.1) is 11.3 Å². The maximum Gasteiger partial charge on any atom is 0.149 e. The smallest absolute Gasteiger partial charge is 0.149 e. The van der Waals surface area contributed by atoms with E-state index in [4.69, 9.17) is 5.26 Å². The third-order valence-electron chi connectivity index (χ3n) is 1.75. The Morgan fingerprint density at radius 1 is 1.14 bits per heavy atom. The van der Waals surface area contributed by atoms with E-state index in [1.54, 1.807) is 36.9 Å². The van der Waals surface area contributed by atoms with Gasteiger partial charge in [0.05, 0.1) is 11.9 Å². The lowest BCUT2D eigenvalue weighted by molar-refractivity contribution is 1.18. The van der Waals surface area contributed by atoms with Gasteiger partial charge in [0.25, 0.3) is 0 Å². The van der Waals surface area contributed by atoms with Gasteiger partial charge < -0.3 is 0 Å². The van der Waals surface area contributed by atoms with Gasteiger partial charge in [-0.1, -0.05) is 0 Å². The van der Waals surface area contributed by atoms with Crippen LogP contribution in [0.2, 0.25) is 0 Å². The first-order valence-electron chi connectivity index (χ1n) is 4.03. The molecule has 0 atom stereocenters. The lowest BCUT2D eigenvalue weighted by Crippen LogP contribution is -1.90. The fourth-order valence-corrected chi connectivity index (χ4v) is 1.14. The van der Waals surface area contributed by atoms with Crippen LogP contribution in [-0.2, 0) is 0 Å². The summed E-state index contributed by atoms with van der Waals surface area (Å²) in [7, 11) is 0. The Kier molecular flexibility index (Phi) is 2.15. The molecule has 0 unspecified atom stereocenters. The zero-order valence-corrected chi connectivity index (χ0v) is 7.25. The molecular weight excluding hydrogens is 176 g/mol. The molecule has 0 aromatic carbocycles. The second-order valence-corrected chi connectivity index (χ2v) is 2.60. The second-order valence-electron chi connectivity index (χ2n) is 2.60. The van der Waals surface area contributed by atoms with E-state index in [0.717, 1.165) is 0 Å². The molecule has 0 N–H and O–H groups in total. The molecular formula is C10H6N4. The van der Waals surface area contributed by atoms with Crippen molar-refractivity contribution < 1.29 is 0 Å². The summed E-state index contributed by atoms with van der Waals surface area (Å²) >= 11 is 0.